The van der Waals surface area contributed by atoms with Crippen LogP contribution < -0.4 is 10.9 Å². The smallest absolute Gasteiger partial charge is 0.263 e. The second-order valence-electron chi connectivity index (χ2n) is 7.96. The molecule has 2 aromatic heterocycles. The summed E-state index contributed by atoms with van der Waals surface area (Å²) in [5.74, 6) is -2.29. The number of benzene rings is 1. The molecule has 33 heavy (non-hydrogen) atoms. The SMILES string of the molecule is CCc1c(C)sc2nc(SC(C)C(=O)Nc3c(F)cccc3F)n(CC3CCCO3)c(=O)c12. The third-order valence-electron chi connectivity index (χ3n) is 5.70. The van der Waals surface area contributed by atoms with Crippen LogP contribution in [0.15, 0.2) is 28.2 Å². The first-order chi connectivity index (χ1) is 15.8. The van der Waals surface area contributed by atoms with Crippen molar-refractivity contribution in [1.82, 2.24) is 9.55 Å². The van der Waals surface area contributed by atoms with E-state index in [1.54, 1.807) is 11.5 Å². The minimum atomic E-state index is -0.850. The maximum Gasteiger partial charge on any atom is 0.263 e. The van der Waals surface area contributed by atoms with Gasteiger partial charge in [0.2, 0.25) is 5.91 Å². The molecule has 1 fully saturated rings. The van der Waals surface area contributed by atoms with Crippen molar-refractivity contribution < 1.29 is 18.3 Å². The molecule has 0 bridgehead atoms. The Kier molecular flexibility index (Phi) is 7.16. The molecule has 1 aromatic carbocycles. The zero-order chi connectivity index (χ0) is 23.7. The standard InChI is InChI=1S/C23H25F2N3O3S2/c1-4-15-12(2)32-21-18(15)22(30)28(11-14-7-6-10-31-14)23(27-21)33-13(3)20(29)26-19-16(24)8-5-9-17(19)25/h5,8-9,13-14H,4,6-7,10-11H2,1-3H3,(H,26,29). The average Bonchev–Trinajstić information content (AvgIpc) is 3.40. The van der Waals surface area contributed by atoms with Crippen molar-refractivity contribution in [3.8, 4) is 0 Å². The number of nitrogens with one attached hydrogen (secondary N) is 1. The largest absolute Gasteiger partial charge is 0.376 e. The zero-order valence-corrected chi connectivity index (χ0v) is 20.2. The maximum absolute atomic E-state index is 14.0. The highest BCUT2D eigenvalue weighted by Gasteiger charge is 2.26. The molecule has 0 radical (unpaired) electrons. The highest BCUT2D eigenvalue weighted by molar-refractivity contribution is 8.00. The number of rotatable bonds is 7. The second-order valence-corrected chi connectivity index (χ2v) is 10.5. The van der Waals surface area contributed by atoms with Gasteiger partial charge in [0.15, 0.2) is 5.16 Å². The highest BCUT2D eigenvalue weighted by atomic mass is 32.2. The van der Waals surface area contributed by atoms with Gasteiger partial charge in [0.1, 0.15) is 22.2 Å². The molecule has 1 N–H and O–H groups in total. The number of carbonyl (C=O) groups excluding carboxylic acids is 1. The molecule has 10 heteroatoms. The first-order valence-corrected chi connectivity index (χ1v) is 12.6. The fourth-order valence-corrected chi connectivity index (χ4v) is 6.03. The molecule has 3 aromatic rings. The summed E-state index contributed by atoms with van der Waals surface area (Å²) in [7, 11) is 0. The normalized spacial score (nSPS) is 16.9. The van der Waals surface area contributed by atoms with Crippen LogP contribution in [0.25, 0.3) is 10.2 Å². The van der Waals surface area contributed by atoms with Gasteiger partial charge >= 0.3 is 0 Å². The molecular formula is C23H25F2N3O3S2. The van der Waals surface area contributed by atoms with Crippen LogP contribution in [0.2, 0.25) is 0 Å². The summed E-state index contributed by atoms with van der Waals surface area (Å²) < 4.78 is 35.3. The van der Waals surface area contributed by atoms with Gasteiger partial charge in [-0.25, -0.2) is 13.8 Å². The van der Waals surface area contributed by atoms with Crippen molar-refractivity contribution >= 4 is 44.9 Å². The van der Waals surface area contributed by atoms with Crippen LogP contribution >= 0.6 is 23.1 Å². The summed E-state index contributed by atoms with van der Waals surface area (Å²) in [6.45, 7) is 6.60. The van der Waals surface area contributed by atoms with Gasteiger partial charge in [-0.2, -0.15) is 0 Å². The van der Waals surface area contributed by atoms with Gasteiger partial charge in [0.05, 0.1) is 23.3 Å². The summed E-state index contributed by atoms with van der Waals surface area (Å²) in [6.07, 6.45) is 2.41. The topological polar surface area (TPSA) is 73.2 Å². The number of aromatic nitrogens is 2. The van der Waals surface area contributed by atoms with Gasteiger partial charge in [0.25, 0.3) is 5.56 Å². The lowest BCUT2D eigenvalue weighted by atomic mass is 10.1. The third-order valence-corrected chi connectivity index (χ3v) is 7.84. The number of hydrogen-bond acceptors (Lipinski definition) is 6. The van der Waals surface area contributed by atoms with Crippen molar-refractivity contribution in [1.29, 1.82) is 0 Å². The van der Waals surface area contributed by atoms with Crippen LogP contribution in [0.5, 0.6) is 0 Å². The lowest BCUT2D eigenvalue weighted by Gasteiger charge is -2.18. The van der Waals surface area contributed by atoms with Crippen molar-refractivity contribution in [2.75, 3.05) is 11.9 Å². The molecule has 4 rings (SSSR count). The molecule has 0 spiro atoms. The van der Waals surface area contributed by atoms with Gasteiger partial charge < -0.3 is 10.1 Å². The number of para-hydroxylation sites is 1. The van der Waals surface area contributed by atoms with E-state index in [9.17, 15) is 18.4 Å². The Labute approximate surface area is 198 Å². The Morgan fingerprint density at radius 3 is 2.76 bits per heavy atom. The Morgan fingerprint density at radius 2 is 2.12 bits per heavy atom. The van der Waals surface area contributed by atoms with Crippen LogP contribution in [0.3, 0.4) is 0 Å². The lowest BCUT2D eigenvalue weighted by molar-refractivity contribution is -0.115. The number of carbonyl (C=O) groups is 1. The van der Waals surface area contributed by atoms with E-state index in [0.717, 1.165) is 53.6 Å². The minimum Gasteiger partial charge on any atom is -0.376 e. The molecule has 2 atom stereocenters. The van der Waals surface area contributed by atoms with E-state index >= 15 is 0 Å². The molecule has 1 saturated heterocycles. The number of ether oxygens (including phenoxy) is 1. The Bertz CT molecular complexity index is 1230. The summed E-state index contributed by atoms with van der Waals surface area (Å²) in [4.78, 5) is 32.7. The van der Waals surface area contributed by atoms with E-state index in [2.05, 4.69) is 5.32 Å². The first kappa shape index (κ1) is 23.8. The Morgan fingerprint density at radius 1 is 1.39 bits per heavy atom. The van der Waals surface area contributed by atoms with Gasteiger partial charge in [0, 0.05) is 11.5 Å². The predicted octanol–water partition coefficient (Wildman–Crippen LogP) is 4.91. The van der Waals surface area contributed by atoms with Crippen molar-refractivity contribution in [3.05, 3.63) is 50.6 Å². The molecule has 1 amide bonds. The molecular weight excluding hydrogens is 468 g/mol. The van der Waals surface area contributed by atoms with E-state index in [-0.39, 0.29) is 11.7 Å². The van der Waals surface area contributed by atoms with E-state index in [4.69, 9.17) is 9.72 Å². The molecule has 0 saturated carbocycles. The number of thioether (sulfide) groups is 1. The van der Waals surface area contributed by atoms with E-state index in [1.165, 1.54) is 17.4 Å². The summed E-state index contributed by atoms with van der Waals surface area (Å²) in [5, 5.41) is 2.57. The number of amides is 1. The molecule has 6 nitrogen and oxygen atoms in total. The van der Waals surface area contributed by atoms with Crippen LogP contribution in [0, 0.1) is 18.6 Å². The number of aryl methyl sites for hydroxylation is 2. The van der Waals surface area contributed by atoms with Gasteiger partial charge in [-0.15, -0.1) is 11.3 Å². The number of nitrogens with zero attached hydrogens (tertiary/aromatic N) is 2. The molecule has 0 aliphatic carbocycles. The molecule has 1 aliphatic heterocycles. The zero-order valence-electron chi connectivity index (χ0n) is 18.6. The number of thiophene rings is 1. The van der Waals surface area contributed by atoms with Crippen LogP contribution in [-0.4, -0.2) is 33.4 Å². The first-order valence-electron chi connectivity index (χ1n) is 10.9. The molecule has 176 valence electrons. The summed E-state index contributed by atoms with van der Waals surface area (Å²) >= 11 is 2.55. The fraction of sp³-hybridized carbons (Fsp3) is 0.435. The fourth-order valence-electron chi connectivity index (χ4n) is 3.95. The van der Waals surface area contributed by atoms with Gasteiger partial charge in [-0.1, -0.05) is 24.8 Å². The summed E-state index contributed by atoms with van der Waals surface area (Å²) in [5.41, 5.74) is 0.356. The highest BCUT2D eigenvalue weighted by Crippen LogP contribution is 2.31. The van der Waals surface area contributed by atoms with E-state index in [0.29, 0.717) is 28.5 Å². The molecule has 3 heterocycles. The number of hydrogen-bond donors (Lipinski definition) is 1. The van der Waals surface area contributed by atoms with Gasteiger partial charge in [-0.3, -0.25) is 14.2 Å². The average molecular weight is 494 g/mol. The predicted molar refractivity (Wildman–Crippen MR) is 127 cm³/mol. The van der Waals surface area contributed by atoms with Crippen molar-refractivity contribution in [2.24, 2.45) is 0 Å². The maximum atomic E-state index is 14.0. The minimum absolute atomic E-state index is 0.0947. The second kappa shape index (κ2) is 9.90. The van der Waals surface area contributed by atoms with E-state index < -0.39 is 28.5 Å². The Hall–Kier alpha value is -2.30. The van der Waals surface area contributed by atoms with Crippen LogP contribution in [-0.2, 0) is 22.5 Å². The Balaban J connectivity index is 1.68. The third kappa shape index (κ3) is 4.83. The van der Waals surface area contributed by atoms with Crippen LogP contribution in [0.1, 0.15) is 37.1 Å². The summed E-state index contributed by atoms with van der Waals surface area (Å²) in [6, 6.07) is 3.39. The van der Waals surface area contributed by atoms with Crippen LogP contribution in [0.4, 0.5) is 14.5 Å². The number of halogens is 2. The molecule has 2 unspecified atom stereocenters. The number of fused-ring (bicyclic) bond motifs is 1. The van der Waals surface area contributed by atoms with Gasteiger partial charge in [-0.05, 0) is 50.8 Å². The lowest BCUT2D eigenvalue weighted by Crippen LogP contribution is -2.30. The monoisotopic (exact) mass is 493 g/mol. The quantitative estimate of drug-likeness (QED) is 0.374. The number of anilines is 1. The molecule has 1 aliphatic rings. The van der Waals surface area contributed by atoms with E-state index in [1.807, 2.05) is 13.8 Å². The van der Waals surface area contributed by atoms with Crippen molar-refractivity contribution in [2.45, 2.75) is 63.1 Å². The van der Waals surface area contributed by atoms with Crippen molar-refractivity contribution in [3.63, 3.8) is 0 Å².